The SMILES string of the molecule is CC(C)CCC[C@@H](C)[C@H]1CC[C@H]2[C@@H]3CC=C4CC(OC(=O)N(CCN)CCCCCNCC5OC6OC7C(CO)OC(OC8C(CO)OC(OC9C(CO)OC(OC%10C(CO)OC(OC%11C(CO)OC(OC5C(O)C6O)C(O)C%11O)C(O)C%10O)C(O)C9O)C(O)C8O)C(O)C7O)CC[C@]4(C)[C@H]3CC[C@]12C. The van der Waals surface area contributed by atoms with Crippen molar-refractivity contribution in [2.24, 2.45) is 52.1 Å². The van der Waals surface area contributed by atoms with Crippen LogP contribution in [0.3, 0.4) is 0 Å². The van der Waals surface area contributed by atoms with Gasteiger partial charge < -0.3 is 164 Å². The number of amides is 1. The summed E-state index contributed by atoms with van der Waals surface area (Å²) in [6.07, 6.45) is -42.2. The van der Waals surface area contributed by atoms with Crippen molar-refractivity contribution in [3.63, 3.8) is 0 Å². The van der Waals surface area contributed by atoms with Gasteiger partial charge in [0.2, 0.25) is 0 Å². The number of nitrogens with one attached hydrogen (secondary N) is 1. The molecule has 4 aliphatic carbocycles. The summed E-state index contributed by atoms with van der Waals surface area (Å²) in [5.74, 6) is 4.28. The lowest BCUT2D eigenvalue weighted by Crippen LogP contribution is -2.69. The molecule has 22 heterocycles. The summed E-state index contributed by atoms with van der Waals surface area (Å²) in [4.78, 5) is 15.6. The molecule has 0 aromatic heterocycles. The number of allylic oxidation sites excluding steroid dienone is 1. The molecule has 606 valence electrons. The normalized spacial score (nSPS) is 48.5. The van der Waals surface area contributed by atoms with E-state index in [2.05, 4.69) is 46.0 Å². The van der Waals surface area contributed by atoms with Gasteiger partial charge in [0.25, 0.3) is 0 Å². The summed E-state index contributed by atoms with van der Waals surface area (Å²) in [5, 5.41) is 195. The monoisotopic (exact) mass is 1510 g/mol. The number of hydrogen-bond donors (Lipinski definition) is 19. The molecule has 0 radical (unpaired) electrons. The lowest BCUT2D eigenvalue weighted by Gasteiger charge is -2.58. The molecular formula is C71H121N3O31. The highest BCUT2D eigenvalue weighted by atomic mass is 16.8. The largest absolute Gasteiger partial charge is 0.446 e. The first-order chi connectivity index (χ1) is 50.1. The number of ether oxygens (including phenoxy) is 13. The maximum Gasteiger partial charge on any atom is 0.410 e. The van der Waals surface area contributed by atoms with E-state index in [0.29, 0.717) is 49.5 Å². The Hall–Kier alpha value is -2.23. The van der Waals surface area contributed by atoms with Crippen LogP contribution in [0, 0.1) is 46.3 Å². The van der Waals surface area contributed by atoms with Crippen molar-refractivity contribution >= 4 is 6.09 Å². The molecule has 38 atom stereocenters. The van der Waals surface area contributed by atoms with E-state index in [-0.39, 0.29) is 37.7 Å². The van der Waals surface area contributed by atoms with Gasteiger partial charge in [0, 0.05) is 32.6 Å². The zero-order valence-electron chi connectivity index (χ0n) is 60.8. The molecule has 105 heavy (non-hydrogen) atoms. The van der Waals surface area contributed by atoms with Crippen molar-refractivity contribution in [2.75, 3.05) is 65.8 Å². The van der Waals surface area contributed by atoms with Crippen LogP contribution in [0.1, 0.15) is 125 Å². The van der Waals surface area contributed by atoms with Crippen molar-refractivity contribution in [3.8, 4) is 0 Å². The van der Waals surface area contributed by atoms with Gasteiger partial charge in [-0.1, -0.05) is 72.0 Å². The molecule has 0 aromatic rings. The number of aliphatic hydroxyl groups excluding tert-OH is 17. The van der Waals surface area contributed by atoms with E-state index in [1.165, 1.54) is 50.5 Å². The maximum absolute atomic E-state index is 14.0. The minimum Gasteiger partial charge on any atom is -0.446 e. The molecule has 31 unspecified atom stereocenters. The van der Waals surface area contributed by atoms with Crippen LogP contribution in [-0.4, -0.2) is 354 Å². The minimum atomic E-state index is -2.16. The zero-order valence-corrected chi connectivity index (χ0v) is 60.8. The summed E-state index contributed by atoms with van der Waals surface area (Å²) in [5.41, 5.74) is 7.95. The zero-order chi connectivity index (χ0) is 75.7. The van der Waals surface area contributed by atoms with Crippen LogP contribution >= 0.6 is 0 Å². The van der Waals surface area contributed by atoms with Gasteiger partial charge in [-0.05, 0) is 111 Å². The summed E-state index contributed by atoms with van der Waals surface area (Å²) in [6, 6.07) is 0. The molecule has 34 heteroatoms. The lowest BCUT2D eigenvalue weighted by molar-refractivity contribution is -0.403. The molecule has 12 bridgehead atoms. The molecule has 22 aliphatic heterocycles. The van der Waals surface area contributed by atoms with E-state index in [4.69, 9.17) is 67.3 Å². The number of rotatable bonds is 21. The first kappa shape index (κ1) is 83.7. The fraction of sp³-hybridized carbons (Fsp3) is 0.958. The van der Waals surface area contributed by atoms with Crippen LogP contribution in [0.4, 0.5) is 4.79 Å². The highest BCUT2D eigenvalue weighted by Gasteiger charge is 2.62. The standard InChI is InChI=1S/C71H121N3O31/c1-31(2)10-9-11-32(3)36-14-15-37-35-13-12-33-24-34(16-18-70(33,4)38(35)17-19-71(36,37)5)93-69(92)74(23-20-72)22-8-6-7-21-73-25-39-57-45(80)51(86)63(94-39)101-58-40(26-75)96-65(53(88)47(58)82)103-60-42(28-77)98-67(55(90)49(60)84)105-62-44(30-79)99-68(56(91)50(62)85)104-61-43(29-78)97-66(54(89)48(61)83)102-59-41(27-76)95-64(100-57)52(87)46(59)81/h12,31-32,34-68,73,75-91H,6-11,13-30,72H2,1-5H3/t32-,34?,35+,36-,37+,38+,39?,40?,41?,42?,43?,44?,45?,46?,47?,48?,49?,50?,51?,52?,53?,54?,55?,56?,57?,58?,59?,60?,61?,62?,63?,64?,65?,66?,67?,68?,70+,71-/m1/s1. The van der Waals surface area contributed by atoms with Gasteiger partial charge >= 0.3 is 6.09 Å². The molecular weight excluding hydrogens is 1390 g/mol. The van der Waals surface area contributed by atoms with Crippen molar-refractivity contribution < 1.29 is 153 Å². The molecule has 26 rings (SSSR count). The molecule has 25 fully saturated rings. The van der Waals surface area contributed by atoms with E-state index in [9.17, 15) is 91.6 Å². The fourth-order valence-corrected chi connectivity index (χ4v) is 19.3. The predicted molar refractivity (Wildman–Crippen MR) is 359 cm³/mol. The van der Waals surface area contributed by atoms with Crippen LogP contribution in [-0.2, 0) is 61.6 Å². The van der Waals surface area contributed by atoms with Gasteiger partial charge in [0.15, 0.2) is 37.7 Å². The number of unbranched alkanes of at least 4 members (excludes halogenated alkanes) is 2. The Kier molecular flexibility index (Phi) is 28.9. The average Bonchev–Trinajstić information content (AvgIpc) is 1.68. The van der Waals surface area contributed by atoms with Gasteiger partial charge in [0.1, 0.15) is 153 Å². The van der Waals surface area contributed by atoms with Crippen molar-refractivity contribution in [2.45, 2.75) is 315 Å². The molecule has 22 saturated heterocycles. The average molecular weight is 1510 g/mol. The van der Waals surface area contributed by atoms with Crippen LogP contribution in [0.25, 0.3) is 0 Å². The minimum absolute atomic E-state index is 0.0787. The van der Waals surface area contributed by atoms with Gasteiger partial charge in [-0.2, -0.15) is 0 Å². The third-order valence-electron chi connectivity index (χ3n) is 25.3. The molecule has 34 nitrogen and oxygen atoms in total. The Morgan fingerprint density at radius 3 is 1.30 bits per heavy atom. The van der Waals surface area contributed by atoms with Crippen LogP contribution in [0.5, 0.6) is 0 Å². The van der Waals surface area contributed by atoms with E-state index in [1.807, 2.05) is 0 Å². The number of nitrogens with zero attached hydrogens (tertiary/aromatic N) is 1. The number of nitrogens with two attached hydrogens (primary N) is 1. The quantitative estimate of drug-likeness (QED) is 0.0381. The summed E-state index contributed by atoms with van der Waals surface area (Å²) in [7, 11) is 0. The number of fused-ring (bicyclic) bond motifs is 5. The van der Waals surface area contributed by atoms with Gasteiger partial charge in [-0.25, -0.2) is 4.79 Å². The number of carbonyl (C=O) groups is 1. The first-order valence-electron chi connectivity index (χ1n) is 38.3. The third kappa shape index (κ3) is 17.5. The van der Waals surface area contributed by atoms with E-state index < -0.39 is 223 Å². The highest BCUT2D eigenvalue weighted by Crippen LogP contribution is 2.67. The van der Waals surface area contributed by atoms with Crippen LogP contribution in [0.15, 0.2) is 11.6 Å². The summed E-state index contributed by atoms with van der Waals surface area (Å²) in [6.45, 7) is 8.12. The Bertz CT molecular complexity index is 2750. The van der Waals surface area contributed by atoms with Gasteiger partial charge in [-0.3, -0.25) is 0 Å². The van der Waals surface area contributed by atoms with Gasteiger partial charge in [-0.15, -0.1) is 0 Å². The fourth-order valence-electron chi connectivity index (χ4n) is 19.3. The number of aliphatic hydroxyl groups is 17. The maximum atomic E-state index is 14.0. The van der Waals surface area contributed by atoms with E-state index in [0.717, 1.165) is 42.9 Å². The second-order valence-corrected chi connectivity index (χ2v) is 32.2. The smallest absolute Gasteiger partial charge is 0.410 e. The topological polar surface area (TPSA) is 522 Å². The third-order valence-corrected chi connectivity index (χ3v) is 25.3. The first-order valence-corrected chi connectivity index (χ1v) is 38.3. The van der Waals surface area contributed by atoms with E-state index in [1.54, 1.807) is 4.90 Å². The van der Waals surface area contributed by atoms with Crippen molar-refractivity contribution in [3.05, 3.63) is 11.6 Å². The van der Waals surface area contributed by atoms with Crippen LogP contribution in [0.2, 0.25) is 0 Å². The Labute approximate surface area is 611 Å². The van der Waals surface area contributed by atoms with E-state index >= 15 is 0 Å². The molecule has 3 saturated carbocycles. The highest BCUT2D eigenvalue weighted by molar-refractivity contribution is 5.68. The van der Waals surface area contributed by atoms with Crippen molar-refractivity contribution in [1.29, 1.82) is 0 Å². The molecule has 0 spiro atoms. The molecule has 1 amide bonds. The summed E-state index contributed by atoms with van der Waals surface area (Å²) < 4.78 is 77.2. The van der Waals surface area contributed by atoms with Gasteiger partial charge in [0.05, 0.1) is 33.0 Å². The number of hydrogen-bond acceptors (Lipinski definition) is 33. The molecule has 20 N–H and O–H groups in total. The Morgan fingerprint density at radius 1 is 0.495 bits per heavy atom. The molecule has 0 aromatic carbocycles. The van der Waals surface area contributed by atoms with Crippen molar-refractivity contribution in [1.82, 2.24) is 10.2 Å². The predicted octanol–water partition coefficient (Wildman–Crippen LogP) is -4.48. The second kappa shape index (κ2) is 36.3. The summed E-state index contributed by atoms with van der Waals surface area (Å²) >= 11 is 0. The Balaban J connectivity index is 0.747. The lowest BCUT2D eigenvalue weighted by atomic mass is 9.47. The second-order valence-electron chi connectivity index (χ2n) is 32.2. The number of carbonyl (C=O) groups excluding carboxylic acids is 1. The molecule has 26 aliphatic rings. The van der Waals surface area contributed by atoms with Crippen LogP contribution < -0.4 is 11.1 Å². The Morgan fingerprint density at radius 2 is 0.905 bits per heavy atom.